The second-order valence-electron chi connectivity index (χ2n) is 4.71. The molecule has 1 atom stereocenters. The summed E-state index contributed by atoms with van der Waals surface area (Å²) in [6.45, 7) is 2.56. The van der Waals surface area contributed by atoms with E-state index in [0.717, 1.165) is 10.9 Å². The summed E-state index contributed by atoms with van der Waals surface area (Å²) in [5.41, 5.74) is 1.21. The zero-order chi connectivity index (χ0) is 14.4. The highest BCUT2D eigenvalue weighted by Crippen LogP contribution is 2.11. The number of nitrogens with zero attached hydrogens (tertiary/aromatic N) is 3. The Kier molecular flexibility index (Phi) is 5.29. The fourth-order valence-corrected chi connectivity index (χ4v) is 2.20. The molecule has 0 saturated carbocycles. The first-order chi connectivity index (χ1) is 9.63. The molecule has 0 spiro atoms. The van der Waals surface area contributed by atoms with Crippen molar-refractivity contribution in [1.29, 1.82) is 0 Å². The largest absolute Gasteiger partial charge is 0.353 e. The molecule has 0 aliphatic carbocycles. The molecule has 0 bridgehead atoms. The third-order valence-electron chi connectivity index (χ3n) is 2.90. The van der Waals surface area contributed by atoms with E-state index >= 15 is 0 Å². The number of rotatable bonds is 6. The van der Waals surface area contributed by atoms with E-state index in [4.69, 9.17) is 0 Å². The Balaban J connectivity index is 1.74. The van der Waals surface area contributed by atoms with Crippen LogP contribution in [0.25, 0.3) is 0 Å². The molecule has 6 heteroatoms. The third kappa shape index (κ3) is 4.77. The molecule has 1 amide bonds. The molecule has 0 radical (unpaired) electrons. The van der Waals surface area contributed by atoms with Crippen LogP contribution < -0.4 is 5.32 Å². The third-order valence-corrected chi connectivity index (χ3v) is 3.43. The van der Waals surface area contributed by atoms with Crippen LogP contribution in [0.3, 0.4) is 0 Å². The van der Waals surface area contributed by atoms with Crippen LogP contribution in [0.5, 0.6) is 0 Å². The molecule has 5 nitrogen and oxygen atoms in total. The first kappa shape index (κ1) is 14.7. The minimum atomic E-state index is 0.0325. The van der Waals surface area contributed by atoms with Gasteiger partial charge in [0, 0.05) is 16.9 Å². The fraction of sp³-hybridized carbons (Fsp3) is 0.357. The summed E-state index contributed by atoms with van der Waals surface area (Å²) in [5.74, 6) is 0.0325. The van der Waals surface area contributed by atoms with E-state index in [2.05, 4.69) is 43.5 Å². The Hall–Kier alpha value is -1.69. The lowest BCUT2D eigenvalue weighted by Gasteiger charge is -2.14. The van der Waals surface area contributed by atoms with Gasteiger partial charge in [-0.25, -0.2) is 4.98 Å². The normalized spacial score (nSPS) is 12.1. The molecule has 2 rings (SSSR count). The van der Waals surface area contributed by atoms with Crippen molar-refractivity contribution in [2.24, 2.45) is 0 Å². The molecule has 1 aromatic heterocycles. The predicted molar refractivity (Wildman–Crippen MR) is 80.1 cm³/mol. The second kappa shape index (κ2) is 7.19. The summed E-state index contributed by atoms with van der Waals surface area (Å²) in [5, 5.41) is 6.96. The summed E-state index contributed by atoms with van der Waals surface area (Å²) in [6, 6.07) is 8.24. The van der Waals surface area contributed by atoms with Crippen LogP contribution in [0.4, 0.5) is 0 Å². The molecule has 20 heavy (non-hydrogen) atoms. The van der Waals surface area contributed by atoms with E-state index in [1.165, 1.54) is 11.9 Å². The number of carbonyl (C=O) groups is 1. The topological polar surface area (TPSA) is 59.8 Å². The quantitative estimate of drug-likeness (QED) is 0.879. The van der Waals surface area contributed by atoms with Crippen molar-refractivity contribution in [3.63, 3.8) is 0 Å². The molecule has 0 aliphatic rings. The number of amides is 1. The van der Waals surface area contributed by atoms with Gasteiger partial charge in [-0.1, -0.05) is 28.1 Å². The van der Waals surface area contributed by atoms with E-state index in [9.17, 15) is 4.79 Å². The first-order valence-electron chi connectivity index (χ1n) is 6.49. The van der Waals surface area contributed by atoms with Gasteiger partial charge in [0.25, 0.3) is 0 Å². The minimum absolute atomic E-state index is 0.0325. The number of halogens is 1. The first-order valence-corrected chi connectivity index (χ1v) is 7.29. The molecule has 2 aromatic rings. The van der Waals surface area contributed by atoms with Gasteiger partial charge in [0.15, 0.2) is 0 Å². The van der Waals surface area contributed by atoms with E-state index in [0.29, 0.717) is 13.0 Å². The van der Waals surface area contributed by atoms with Gasteiger partial charge in [-0.15, -0.1) is 0 Å². The van der Waals surface area contributed by atoms with E-state index < -0.39 is 0 Å². The van der Waals surface area contributed by atoms with Gasteiger partial charge in [0.05, 0.1) is 6.54 Å². The van der Waals surface area contributed by atoms with Gasteiger partial charge in [-0.3, -0.25) is 9.48 Å². The molecule has 106 valence electrons. The smallest absolute Gasteiger partial charge is 0.222 e. The number of hydrogen-bond acceptors (Lipinski definition) is 3. The van der Waals surface area contributed by atoms with Crippen LogP contribution in [0.2, 0.25) is 0 Å². The second-order valence-corrected chi connectivity index (χ2v) is 5.62. The number of nitrogens with one attached hydrogen (secondary N) is 1. The van der Waals surface area contributed by atoms with Crippen molar-refractivity contribution in [2.75, 3.05) is 0 Å². The van der Waals surface area contributed by atoms with Crippen LogP contribution in [0.1, 0.15) is 18.9 Å². The Morgan fingerprint density at radius 2 is 2.15 bits per heavy atom. The highest BCUT2D eigenvalue weighted by Gasteiger charge is 2.08. The molecule has 0 unspecified atom stereocenters. The monoisotopic (exact) mass is 336 g/mol. The number of benzene rings is 1. The molecule has 0 fully saturated rings. The zero-order valence-corrected chi connectivity index (χ0v) is 12.9. The number of carbonyl (C=O) groups excluding carboxylic acids is 1. The Bertz CT molecular complexity index is 539. The van der Waals surface area contributed by atoms with Crippen LogP contribution in [0.15, 0.2) is 41.4 Å². The van der Waals surface area contributed by atoms with E-state index in [-0.39, 0.29) is 11.9 Å². The highest BCUT2D eigenvalue weighted by atomic mass is 79.9. The average Bonchev–Trinajstić information content (AvgIpc) is 2.92. The Morgan fingerprint density at radius 3 is 2.80 bits per heavy atom. The predicted octanol–water partition coefficient (Wildman–Crippen LogP) is 2.18. The maximum absolute atomic E-state index is 11.8. The Morgan fingerprint density at radius 1 is 1.40 bits per heavy atom. The zero-order valence-electron chi connectivity index (χ0n) is 11.3. The summed E-state index contributed by atoms with van der Waals surface area (Å²) in [4.78, 5) is 15.7. The molecule has 0 saturated heterocycles. The molecular weight excluding hydrogens is 320 g/mol. The maximum Gasteiger partial charge on any atom is 0.222 e. The van der Waals surface area contributed by atoms with Gasteiger partial charge >= 0.3 is 0 Å². The summed E-state index contributed by atoms with van der Waals surface area (Å²) < 4.78 is 2.71. The molecular formula is C14H17BrN4O. The standard InChI is InChI=1S/C14H17BrN4O/c1-11(8-12-2-4-13(15)5-3-12)18-14(20)6-7-19-10-16-9-17-19/h2-5,9-11H,6-8H2,1H3,(H,18,20)/t11-/m1/s1. The van der Waals surface area contributed by atoms with Crippen molar-refractivity contribution in [3.05, 3.63) is 47.0 Å². The van der Waals surface area contributed by atoms with Crippen molar-refractivity contribution in [2.45, 2.75) is 32.4 Å². The number of hydrogen-bond donors (Lipinski definition) is 1. The molecule has 1 aromatic carbocycles. The summed E-state index contributed by atoms with van der Waals surface area (Å²) in [6.07, 6.45) is 4.31. The molecule has 1 heterocycles. The van der Waals surface area contributed by atoms with Crippen molar-refractivity contribution in [1.82, 2.24) is 20.1 Å². The lowest BCUT2D eigenvalue weighted by Crippen LogP contribution is -2.34. The van der Waals surface area contributed by atoms with Gasteiger partial charge in [-0.05, 0) is 31.0 Å². The number of aromatic nitrogens is 3. The van der Waals surface area contributed by atoms with Crippen LogP contribution >= 0.6 is 15.9 Å². The van der Waals surface area contributed by atoms with Crippen LogP contribution in [-0.4, -0.2) is 26.7 Å². The molecule has 1 N–H and O–H groups in total. The Labute approximate surface area is 126 Å². The minimum Gasteiger partial charge on any atom is -0.353 e. The number of aryl methyl sites for hydroxylation is 1. The fourth-order valence-electron chi connectivity index (χ4n) is 1.94. The van der Waals surface area contributed by atoms with Crippen LogP contribution in [0, 0.1) is 0 Å². The maximum atomic E-state index is 11.8. The highest BCUT2D eigenvalue weighted by molar-refractivity contribution is 9.10. The van der Waals surface area contributed by atoms with Gasteiger partial charge in [-0.2, -0.15) is 5.10 Å². The van der Waals surface area contributed by atoms with Crippen molar-refractivity contribution < 1.29 is 4.79 Å². The lowest BCUT2D eigenvalue weighted by atomic mass is 10.1. The van der Waals surface area contributed by atoms with Gasteiger partial charge in [0.1, 0.15) is 12.7 Å². The van der Waals surface area contributed by atoms with Crippen molar-refractivity contribution >= 4 is 21.8 Å². The van der Waals surface area contributed by atoms with E-state index in [1.54, 1.807) is 11.0 Å². The molecule has 0 aliphatic heterocycles. The summed E-state index contributed by atoms with van der Waals surface area (Å²) >= 11 is 3.41. The lowest BCUT2D eigenvalue weighted by molar-refractivity contribution is -0.121. The van der Waals surface area contributed by atoms with Gasteiger partial charge in [0.2, 0.25) is 5.91 Å². The SMILES string of the molecule is C[C@H](Cc1ccc(Br)cc1)NC(=O)CCn1cncn1. The van der Waals surface area contributed by atoms with Gasteiger partial charge < -0.3 is 5.32 Å². The average molecular weight is 337 g/mol. The van der Waals surface area contributed by atoms with E-state index in [1.807, 2.05) is 19.1 Å². The van der Waals surface area contributed by atoms with Crippen molar-refractivity contribution in [3.8, 4) is 0 Å². The summed E-state index contributed by atoms with van der Waals surface area (Å²) in [7, 11) is 0. The van der Waals surface area contributed by atoms with Crippen LogP contribution in [-0.2, 0) is 17.8 Å².